The van der Waals surface area contributed by atoms with Gasteiger partial charge in [0, 0.05) is 28.4 Å². The topological polar surface area (TPSA) is 71.1 Å². The minimum absolute atomic E-state index is 0.183. The van der Waals surface area contributed by atoms with Crippen molar-refractivity contribution in [2.24, 2.45) is 0 Å². The Bertz CT molecular complexity index is 1620. The minimum Gasteiger partial charge on any atom is -0.492 e. The Morgan fingerprint density at radius 2 is 1.64 bits per heavy atom. The van der Waals surface area contributed by atoms with Gasteiger partial charge in [-0.2, -0.15) is 0 Å². The van der Waals surface area contributed by atoms with Crippen LogP contribution in [0.25, 0.3) is 20.5 Å². The summed E-state index contributed by atoms with van der Waals surface area (Å²) in [5.74, 6) is 0.731. The number of thiophene rings is 1. The van der Waals surface area contributed by atoms with Crippen LogP contribution in [0.2, 0.25) is 0 Å². The molecule has 3 aromatic carbocycles. The first-order chi connectivity index (χ1) is 21.7. The summed E-state index contributed by atoms with van der Waals surface area (Å²) in [6.45, 7) is 10.1. The summed E-state index contributed by atoms with van der Waals surface area (Å²) in [5, 5.41) is 4.30. The molecule has 2 saturated heterocycles. The third kappa shape index (κ3) is 7.68. The van der Waals surface area contributed by atoms with Crippen LogP contribution in [0.3, 0.4) is 0 Å². The molecule has 2 aliphatic rings. The maximum atomic E-state index is 13.2. The fourth-order valence-corrected chi connectivity index (χ4v) is 7.45. The van der Waals surface area contributed by atoms with Gasteiger partial charge in [-0.15, -0.1) is 11.3 Å². The van der Waals surface area contributed by atoms with Crippen molar-refractivity contribution in [3.63, 3.8) is 0 Å². The number of rotatable bonds is 9. The van der Waals surface area contributed by atoms with Gasteiger partial charge in [-0.1, -0.05) is 42.5 Å². The van der Waals surface area contributed by atoms with Gasteiger partial charge in [0.2, 0.25) is 5.91 Å². The molecule has 236 valence electrons. The molecule has 6 rings (SSSR count). The van der Waals surface area contributed by atoms with Crippen molar-refractivity contribution < 1.29 is 19.1 Å². The van der Waals surface area contributed by atoms with Gasteiger partial charge in [0.15, 0.2) is 0 Å². The number of amides is 2. The second-order valence-corrected chi connectivity index (χ2v) is 14.1. The zero-order valence-electron chi connectivity index (χ0n) is 26.5. The summed E-state index contributed by atoms with van der Waals surface area (Å²) in [6, 6.07) is 24.6. The van der Waals surface area contributed by atoms with Crippen LogP contribution in [0, 0.1) is 0 Å². The highest BCUT2D eigenvalue weighted by molar-refractivity contribution is 7.22. The summed E-state index contributed by atoms with van der Waals surface area (Å²) in [7, 11) is 0. The monoisotopic (exact) mass is 625 g/mol. The summed E-state index contributed by atoms with van der Waals surface area (Å²) in [4.78, 5) is 31.1. The number of hydrogen-bond acceptors (Lipinski definition) is 6. The van der Waals surface area contributed by atoms with E-state index in [2.05, 4.69) is 70.9 Å². The third-order valence-electron chi connectivity index (χ3n) is 8.48. The number of nitrogens with one attached hydrogen (secondary N) is 1. The molecule has 3 heterocycles. The zero-order chi connectivity index (χ0) is 31.4. The Labute approximate surface area is 270 Å². The highest BCUT2D eigenvalue weighted by Crippen LogP contribution is 2.40. The lowest BCUT2D eigenvalue weighted by Crippen LogP contribution is -2.45. The molecular formula is C37H43N3O4S. The molecule has 7 nitrogen and oxygen atoms in total. The van der Waals surface area contributed by atoms with E-state index in [0.717, 1.165) is 37.3 Å². The standard InChI is InChI=1S/C37H43N3O4S/c1-37(2,3)44-36(42)40-22-8-10-32(40)35(41)38-28-16-14-27(15-17-28)34-31(30-9-4-5-11-33(30)45-34)25-26-12-18-29(19-13-26)43-24-23-39-20-6-7-21-39/h4-5,9,11-19,32H,6-8,10,20-25H2,1-3H3,(H,38,41). The predicted octanol–water partition coefficient (Wildman–Crippen LogP) is 7.97. The molecule has 1 unspecified atom stereocenters. The Hall–Kier alpha value is -3.88. The molecule has 1 aromatic heterocycles. The molecule has 2 fully saturated rings. The van der Waals surface area contributed by atoms with E-state index in [1.54, 1.807) is 16.2 Å². The number of carbonyl (C=O) groups excluding carboxylic acids is 2. The van der Waals surface area contributed by atoms with Crippen LogP contribution in [-0.4, -0.2) is 66.2 Å². The normalized spacial score (nSPS) is 17.1. The van der Waals surface area contributed by atoms with Gasteiger partial charge < -0.3 is 14.8 Å². The highest BCUT2D eigenvalue weighted by Gasteiger charge is 2.36. The van der Waals surface area contributed by atoms with E-state index in [4.69, 9.17) is 9.47 Å². The smallest absolute Gasteiger partial charge is 0.410 e. The van der Waals surface area contributed by atoms with Crippen molar-refractivity contribution in [1.82, 2.24) is 9.80 Å². The van der Waals surface area contributed by atoms with Crippen LogP contribution in [0.1, 0.15) is 57.6 Å². The Kier molecular flexibility index (Phi) is 9.42. The second kappa shape index (κ2) is 13.6. The van der Waals surface area contributed by atoms with Gasteiger partial charge in [0.25, 0.3) is 0 Å². The number of nitrogens with zero attached hydrogens (tertiary/aromatic N) is 2. The molecule has 2 amide bonds. The number of hydrogen-bond donors (Lipinski definition) is 1. The highest BCUT2D eigenvalue weighted by atomic mass is 32.1. The van der Waals surface area contributed by atoms with Crippen molar-refractivity contribution in [2.45, 2.75) is 64.5 Å². The van der Waals surface area contributed by atoms with Gasteiger partial charge in [-0.3, -0.25) is 14.6 Å². The van der Waals surface area contributed by atoms with Crippen molar-refractivity contribution >= 4 is 39.1 Å². The Morgan fingerprint density at radius 1 is 0.911 bits per heavy atom. The molecular weight excluding hydrogens is 582 g/mol. The van der Waals surface area contributed by atoms with Gasteiger partial charge in [-0.05, 0) is 118 Å². The van der Waals surface area contributed by atoms with Crippen LogP contribution in [0.4, 0.5) is 10.5 Å². The van der Waals surface area contributed by atoms with Crippen molar-refractivity contribution in [1.29, 1.82) is 0 Å². The summed E-state index contributed by atoms with van der Waals surface area (Å²) in [5.41, 5.74) is 3.76. The van der Waals surface area contributed by atoms with E-state index in [-0.39, 0.29) is 5.91 Å². The molecule has 0 spiro atoms. The van der Waals surface area contributed by atoms with E-state index in [1.165, 1.54) is 52.0 Å². The minimum atomic E-state index is -0.605. The molecule has 45 heavy (non-hydrogen) atoms. The molecule has 1 atom stereocenters. The van der Waals surface area contributed by atoms with Gasteiger partial charge in [-0.25, -0.2) is 4.79 Å². The van der Waals surface area contributed by atoms with Gasteiger partial charge in [0.05, 0.1) is 0 Å². The van der Waals surface area contributed by atoms with E-state index in [9.17, 15) is 9.59 Å². The fraction of sp³-hybridized carbons (Fsp3) is 0.405. The molecule has 8 heteroatoms. The molecule has 0 bridgehead atoms. The van der Waals surface area contributed by atoms with Crippen LogP contribution < -0.4 is 10.1 Å². The van der Waals surface area contributed by atoms with Crippen LogP contribution in [-0.2, 0) is 16.0 Å². The maximum Gasteiger partial charge on any atom is 0.410 e. The van der Waals surface area contributed by atoms with E-state index in [0.29, 0.717) is 18.7 Å². The summed E-state index contributed by atoms with van der Waals surface area (Å²) >= 11 is 1.80. The molecule has 0 aliphatic carbocycles. The average Bonchev–Trinajstić information content (AvgIpc) is 3.79. The fourth-order valence-electron chi connectivity index (χ4n) is 6.22. The number of benzene rings is 3. The molecule has 0 saturated carbocycles. The zero-order valence-corrected chi connectivity index (χ0v) is 27.3. The SMILES string of the molecule is CC(C)(C)OC(=O)N1CCCC1C(=O)Nc1ccc(-c2sc3ccccc3c2Cc2ccc(OCCN3CCCC3)cc2)cc1. The molecule has 1 N–H and O–H groups in total. The van der Waals surface area contributed by atoms with E-state index < -0.39 is 17.7 Å². The Balaban J connectivity index is 1.14. The van der Waals surface area contributed by atoms with Crippen LogP contribution in [0.15, 0.2) is 72.8 Å². The van der Waals surface area contributed by atoms with E-state index in [1.807, 2.05) is 32.9 Å². The number of likely N-dealkylation sites (tertiary alicyclic amines) is 2. The lowest BCUT2D eigenvalue weighted by Gasteiger charge is -2.28. The molecule has 2 aliphatic heterocycles. The molecule has 4 aromatic rings. The lowest BCUT2D eigenvalue weighted by atomic mass is 9.99. The predicted molar refractivity (Wildman–Crippen MR) is 182 cm³/mol. The number of fused-ring (bicyclic) bond motifs is 1. The first kappa shape index (κ1) is 31.1. The van der Waals surface area contributed by atoms with Gasteiger partial charge in [0.1, 0.15) is 24.0 Å². The number of carbonyl (C=O) groups is 2. The second-order valence-electron chi connectivity index (χ2n) is 13.0. The van der Waals surface area contributed by atoms with Crippen LogP contribution in [0.5, 0.6) is 5.75 Å². The first-order valence-electron chi connectivity index (χ1n) is 16.1. The number of anilines is 1. The summed E-state index contributed by atoms with van der Waals surface area (Å²) < 4.78 is 12.8. The number of ether oxygens (including phenoxy) is 2. The average molecular weight is 626 g/mol. The van der Waals surface area contributed by atoms with E-state index >= 15 is 0 Å². The molecule has 0 radical (unpaired) electrons. The third-order valence-corrected chi connectivity index (χ3v) is 9.74. The van der Waals surface area contributed by atoms with Crippen molar-refractivity contribution in [3.05, 3.63) is 83.9 Å². The quantitative estimate of drug-likeness (QED) is 0.204. The maximum absolute atomic E-state index is 13.2. The van der Waals surface area contributed by atoms with Crippen molar-refractivity contribution in [2.75, 3.05) is 38.1 Å². The lowest BCUT2D eigenvalue weighted by molar-refractivity contribution is -0.120. The summed E-state index contributed by atoms with van der Waals surface area (Å²) in [6.07, 6.45) is 4.37. The Morgan fingerprint density at radius 3 is 2.38 bits per heavy atom. The largest absolute Gasteiger partial charge is 0.492 e. The van der Waals surface area contributed by atoms with Crippen molar-refractivity contribution in [3.8, 4) is 16.2 Å². The van der Waals surface area contributed by atoms with Crippen LogP contribution >= 0.6 is 11.3 Å². The first-order valence-corrected chi connectivity index (χ1v) is 16.9. The van der Waals surface area contributed by atoms with Gasteiger partial charge >= 0.3 is 6.09 Å².